The average Bonchev–Trinajstić information content (AvgIpc) is 2.33. The molecule has 0 heterocycles. The van der Waals surface area contributed by atoms with Crippen molar-refractivity contribution in [1.82, 2.24) is 0 Å². The molecule has 0 fully saturated rings. The van der Waals surface area contributed by atoms with E-state index >= 15 is 0 Å². The summed E-state index contributed by atoms with van der Waals surface area (Å²) in [6, 6.07) is 18.5. The van der Waals surface area contributed by atoms with Crippen molar-refractivity contribution in [3.05, 3.63) is 63.7 Å². The molecule has 0 saturated carbocycles. The smallest absolute Gasteiger partial charge is 0.132 e. The van der Waals surface area contributed by atoms with Crippen LogP contribution in [0.4, 0.5) is 0 Å². The Hall–Kier alpha value is -1.03. The lowest BCUT2D eigenvalue weighted by Gasteiger charge is -2.07. The van der Waals surface area contributed by atoms with E-state index in [1.807, 2.05) is 24.3 Å². The van der Waals surface area contributed by atoms with Gasteiger partial charge in [0.1, 0.15) is 5.75 Å². The third kappa shape index (κ3) is 3.23. The van der Waals surface area contributed by atoms with Crippen LogP contribution in [0.1, 0.15) is 5.56 Å². The molecular formula is C14H13IO. The van der Waals surface area contributed by atoms with Crippen molar-refractivity contribution in [2.45, 2.75) is 6.42 Å². The number of rotatable bonds is 4. The molecule has 2 heteroatoms. The van der Waals surface area contributed by atoms with E-state index in [9.17, 15) is 0 Å². The Morgan fingerprint density at radius 2 is 1.56 bits per heavy atom. The summed E-state index contributed by atoms with van der Waals surface area (Å²) in [5.41, 5.74) is 1.31. The molecule has 0 aliphatic heterocycles. The van der Waals surface area contributed by atoms with E-state index in [2.05, 4.69) is 52.9 Å². The van der Waals surface area contributed by atoms with Crippen molar-refractivity contribution < 1.29 is 4.74 Å². The molecule has 1 nitrogen and oxygen atoms in total. The first-order valence-electron chi connectivity index (χ1n) is 5.27. The minimum Gasteiger partial charge on any atom is -0.492 e. The van der Waals surface area contributed by atoms with Gasteiger partial charge >= 0.3 is 0 Å². The number of halogens is 1. The van der Waals surface area contributed by atoms with Crippen molar-refractivity contribution in [2.75, 3.05) is 6.61 Å². The number of para-hydroxylation sites is 1. The quantitative estimate of drug-likeness (QED) is 0.775. The maximum atomic E-state index is 5.73. The summed E-state index contributed by atoms with van der Waals surface area (Å²) in [6.07, 6.45) is 0.950. The Kier molecular flexibility index (Phi) is 4.22. The van der Waals surface area contributed by atoms with Crippen LogP contribution in [0.2, 0.25) is 0 Å². The summed E-state index contributed by atoms with van der Waals surface area (Å²) < 4.78 is 6.89. The van der Waals surface area contributed by atoms with Crippen LogP contribution in [-0.4, -0.2) is 6.61 Å². The predicted octanol–water partition coefficient (Wildman–Crippen LogP) is 3.91. The highest BCUT2D eigenvalue weighted by Gasteiger charge is 1.98. The molecule has 0 N–H and O–H groups in total. The van der Waals surface area contributed by atoms with E-state index < -0.39 is 0 Å². The van der Waals surface area contributed by atoms with Gasteiger partial charge in [-0.05, 0) is 40.3 Å². The van der Waals surface area contributed by atoms with Gasteiger partial charge in [0.2, 0.25) is 0 Å². The van der Waals surface area contributed by atoms with E-state index in [1.165, 1.54) is 5.56 Å². The molecule has 82 valence electrons. The summed E-state index contributed by atoms with van der Waals surface area (Å²) in [6.45, 7) is 0.726. The van der Waals surface area contributed by atoms with Crippen molar-refractivity contribution in [1.29, 1.82) is 0 Å². The fourth-order valence-electron chi connectivity index (χ4n) is 1.49. The molecule has 0 bridgehead atoms. The summed E-state index contributed by atoms with van der Waals surface area (Å²) in [5, 5.41) is 0. The molecule has 16 heavy (non-hydrogen) atoms. The molecule has 0 amide bonds. The number of benzene rings is 2. The van der Waals surface area contributed by atoms with Gasteiger partial charge in [-0.2, -0.15) is 0 Å². The van der Waals surface area contributed by atoms with Crippen LogP contribution in [0.5, 0.6) is 5.75 Å². The lowest BCUT2D eigenvalue weighted by Crippen LogP contribution is -2.02. The highest BCUT2D eigenvalue weighted by molar-refractivity contribution is 14.1. The zero-order chi connectivity index (χ0) is 11.2. The fourth-order valence-corrected chi connectivity index (χ4v) is 2.03. The third-order valence-electron chi connectivity index (χ3n) is 2.33. The second-order valence-corrected chi connectivity index (χ2v) is 4.68. The van der Waals surface area contributed by atoms with Crippen molar-refractivity contribution >= 4 is 22.6 Å². The van der Waals surface area contributed by atoms with Crippen molar-refractivity contribution in [3.8, 4) is 5.75 Å². The predicted molar refractivity (Wildman–Crippen MR) is 74.8 cm³/mol. The first kappa shape index (κ1) is 11.5. The number of ether oxygens (including phenoxy) is 1. The molecule has 0 atom stereocenters. The lowest BCUT2D eigenvalue weighted by atomic mass is 10.2. The van der Waals surface area contributed by atoms with Crippen LogP contribution in [0, 0.1) is 3.57 Å². The summed E-state index contributed by atoms with van der Waals surface area (Å²) in [5.74, 6) is 0.971. The zero-order valence-electron chi connectivity index (χ0n) is 8.90. The van der Waals surface area contributed by atoms with Gasteiger partial charge in [0, 0.05) is 6.42 Å². The molecular weight excluding hydrogens is 311 g/mol. The first-order chi connectivity index (χ1) is 7.86. The van der Waals surface area contributed by atoms with Gasteiger partial charge in [-0.3, -0.25) is 0 Å². The van der Waals surface area contributed by atoms with Gasteiger partial charge in [0.15, 0.2) is 0 Å². The standard InChI is InChI=1S/C14H13IO/c15-13-8-4-5-9-14(13)16-11-10-12-6-2-1-3-7-12/h1-9H,10-11H2. The van der Waals surface area contributed by atoms with Crippen LogP contribution in [0.15, 0.2) is 54.6 Å². The summed E-state index contributed by atoms with van der Waals surface area (Å²) >= 11 is 2.29. The molecule has 0 spiro atoms. The van der Waals surface area contributed by atoms with Crippen LogP contribution in [0.3, 0.4) is 0 Å². The van der Waals surface area contributed by atoms with E-state index in [0.717, 1.165) is 22.3 Å². The Labute approximate surface area is 110 Å². The summed E-state index contributed by atoms with van der Waals surface area (Å²) in [4.78, 5) is 0. The van der Waals surface area contributed by atoms with Crippen LogP contribution in [0.25, 0.3) is 0 Å². The molecule has 2 aromatic carbocycles. The second kappa shape index (κ2) is 5.89. The zero-order valence-corrected chi connectivity index (χ0v) is 11.1. The number of hydrogen-bond donors (Lipinski definition) is 0. The van der Waals surface area contributed by atoms with E-state index in [4.69, 9.17) is 4.74 Å². The van der Waals surface area contributed by atoms with E-state index in [0.29, 0.717) is 0 Å². The van der Waals surface area contributed by atoms with Crippen LogP contribution < -0.4 is 4.74 Å². The van der Waals surface area contributed by atoms with E-state index in [-0.39, 0.29) is 0 Å². The topological polar surface area (TPSA) is 9.23 Å². The van der Waals surface area contributed by atoms with Gasteiger partial charge in [0.25, 0.3) is 0 Å². The monoisotopic (exact) mass is 324 g/mol. The second-order valence-electron chi connectivity index (χ2n) is 3.51. The SMILES string of the molecule is Ic1ccccc1OCCc1ccccc1. The minimum atomic E-state index is 0.726. The van der Waals surface area contributed by atoms with E-state index in [1.54, 1.807) is 0 Å². The van der Waals surface area contributed by atoms with Gasteiger partial charge < -0.3 is 4.74 Å². The molecule has 0 unspecified atom stereocenters. The molecule has 0 radical (unpaired) electrons. The van der Waals surface area contributed by atoms with Crippen LogP contribution >= 0.6 is 22.6 Å². The van der Waals surface area contributed by atoms with Gasteiger partial charge in [-0.25, -0.2) is 0 Å². The lowest BCUT2D eigenvalue weighted by molar-refractivity contribution is 0.320. The molecule has 2 aromatic rings. The Bertz CT molecular complexity index is 439. The third-order valence-corrected chi connectivity index (χ3v) is 3.22. The highest BCUT2D eigenvalue weighted by atomic mass is 127. The van der Waals surface area contributed by atoms with Crippen molar-refractivity contribution in [2.24, 2.45) is 0 Å². The minimum absolute atomic E-state index is 0.726. The van der Waals surface area contributed by atoms with Gasteiger partial charge in [-0.15, -0.1) is 0 Å². The molecule has 2 rings (SSSR count). The Morgan fingerprint density at radius 1 is 0.875 bits per heavy atom. The maximum absolute atomic E-state index is 5.73. The Morgan fingerprint density at radius 3 is 2.31 bits per heavy atom. The summed E-state index contributed by atoms with van der Waals surface area (Å²) in [7, 11) is 0. The number of hydrogen-bond acceptors (Lipinski definition) is 1. The Balaban J connectivity index is 1.87. The molecule has 0 aromatic heterocycles. The highest BCUT2D eigenvalue weighted by Crippen LogP contribution is 2.19. The average molecular weight is 324 g/mol. The van der Waals surface area contributed by atoms with Crippen LogP contribution in [-0.2, 0) is 6.42 Å². The van der Waals surface area contributed by atoms with Gasteiger partial charge in [-0.1, -0.05) is 42.5 Å². The normalized spacial score (nSPS) is 10.1. The molecule has 0 aliphatic carbocycles. The molecule has 0 saturated heterocycles. The van der Waals surface area contributed by atoms with Crippen molar-refractivity contribution in [3.63, 3.8) is 0 Å². The fraction of sp³-hybridized carbons (Fsp3) is 0.143. The molecule has 0 aliphatic rings. The largest absolute Gasteiger partial charge is 0.492 e. The first-order valence-corrected chi connectivity index (χ1v) is 6.35. The van der Waals surface area contributed by atoms with Gasteiger partial charge in [0.05, 0.1) is 10.2 Å². The maximum Gasteiger partial charge on any atom is 0.132 e.